The molecule has 0 amide bonds. The van der Waals surface area contributed by atoms with Crippen molar-refractivity contribution in [3.63, 3.8) is 0 Å². The van der Waals surface area contributed by atoms with Gasteiger partial charge in [0.05, 0.1) is 46.2 Å². The van der Waals surface area contributed by atoms with Crippen molar-refractivity contribution in [2.45, 2.75) is 129 Å². The minimum absolute atomic E-state index is 0.111. The van der Waals surface area contributed by atoms with Gasteiger partial charge in [-0.05, 0) is 12.8 Å². The largest absolute Gasteiger partial charge is 0.463 e. The van der Waals surface area contributed by atoms with Crippen LogP contribution in [-0.4, -0.2) is 65.4 Å². The lowest BCUT2D eigenvalue weighted by molar-refractivity contribution is -0.145. The summed E-state index contributed by atoms with van der Waals surface area (Å²) in [5.74, 6) is -0.111. The number of esters is 1. The van der Waals surface area contributed by atoms with E-state index in [9.17, 15) is 4.79 Å². The van der Waals surface area contributed by atoms with E-state index < -0.39 is 0 Å². The standard InChI is InChI=1S/C30H60O6/c1-3-5-7-9-10-11-12-13-14-15-16-17-18-20-30(31)36-29-28-35-27-26-34-25-24-33-23-22-32-21-19-8-6-4-2/h3-29H2,1-2H3. The van der Waals surface area contributed by atoms with Crippen molar-refractivity contribution in [3.05, 3.63) is 0 Å². The summed E-state index contributed by atoms with van der Waals surface area (Å²) in [7, 11) is 0. The van der Waals surface area contributed by atoms with Crippen LogP contribution in [0.4, 0.5) is 0 Å². The fraction of sp³-hybridized carbons (Fsp3) is 0.967. The van der Waals surface area contributed by atoms with Crippen LogP contribution in [0.1, 0.15) is 129 Å². The highest BCUT2D eigenvalue weighted by Gasteiger charge is 2.02. The van der Waals surface area contributed by atoms with Crippen molar-refractivity contribution < 1.29 is 28.5 Å². The number of carbonyl (C=O) groups is 1. The van der Waals surface area contributed by atoms with Gasteiger partial charge in [-0.3, -0.25) is 4.79 Å². The molecule has 0 atom stereocenters. The van der Waals surface area contributed by atoms with E-state index in [1.54, 1.807) is 0 Å². The molecule has 0 N–H and O–H groups in total. The zero-order chi connectivity index (χ0) is 26.2. The first-order valence-electron chi connectivity index (χ1n) is 15.3. The second-order valence-electron chi connectivity index (χ2n) is 9.72. The molecule has 0 aliphatic heterocycles. The molecule has 0 aliphatic carbocycles. The molecule has 0 aromatic carbocycles. The number of hydrogen-bond acceptors (Lipinski definition) is 6. The first kappa shape index (κ1) is 35.3. The molecule has 0 bridgehead atoms. The van der Waals surface area contributed by atoms with Crippen LogP contribution in [-0.2, 0) is 28.5 Å². The molecule has 6 nitrogen and oxygen atoms in total. The summed E-state index contributed by atoms with van der Waals surface area (Å²) in [6.45, 7) is 9.43. The van der Waals surface area contributed by atoms with Gasteiger partial charge in [0.15, 0.2) is 0 Å². The molecule has 6 heteroatoms. The van der Waals surface area contributed by atoms with Crippen molar-refractivity contribution in [3.8, 4) is 0 Å². The van der Waals surface area contributed by atoms with Crippen LogP contribution >= 0.6 is 0 Å². The van der Waals surface area contributed by atoms with Crippen LogP contribution in [0.5, 0.6) is 0 Å². The molecule has 0 aromatic heterocycles. The summed E-state index contributed by atoms with van der Waals surface area (Å²) in [4.78, 5) is 11.8. The summed E-state index contributed by atoms with van der Waals surface area (Å²) in [5, 5.41) is 0. The molecular formula is C30H60O6. The smallest absolute Gasteiger partial charge is 0.305 e. The minimum Gasteiger partial charge on any atom is -0.463 e. The molecule has 0 saturated carbocycles. The highest BCUT2D eigenvalue weighted by Crippen LogP contribution is 2.13. The third kappa shape index (κ3) is 31.3. The molecule has 36 heavy (non-hydrogen) atoms. The molecule has 0 fully saturated rings. The molecule has 0 aromatic rings. The van der Waals surface area contributed by atoms with Gasteiger partial charge in [-0.1, -0.05) is 110 Å². The van der Waals surface area contributed by atoms with Gasteiger partial charge in [-0.2, -0.15) is 0 Å². The van der Waals surface area contributed by atoms with Crippen molar-refractivity contribution in [1.82, 2.24) is 0 Å². The van der Waals surface area contributed by atoms with Crippen molar-refractivity contribution in [1.29, 1.82) is 0 Å². The van der Waals surface area contributed by atoms with E-state index in [0.717, 1.165) is 25.9 Å². The van der Waals surface area contributed by atoms with Crippen molar-refractivity contribution in [2.24, 2.45) is 0 Å². The van der Waals surface area contributed by atoms with Crippen LogP contribution in [0.3, 0.4) is 0 Å². The van der Waals surface area contributed by atoms with Gasteiger partial charge in [0.1, 0.15) is 6.61 Å². The summed E-state index contributed by atoms with van der Waals surface area (Å²) >= 11 is 0. The van der Waals surface area contributed by atoms with Gasteiger partial charge in [0.2, 0.25) is 0 Å². The maximum atomic E-state index is 11.8. The van der Waals surface area contributed by atoms with Crippen molar-refractivity contribution >= 4 is 5.97 Å². The lowest BCUT2D eigenvalue weighted by atomic mass is 10.0. The average Bonchev–Trinajstić information content (AvgIpc) is 2.88. The lowest BCUT2D eigenvalue weighted by Gasteiger charge is -2.08. The maximum Gasteiger partial charge on any atom is 0.305 e. The Morgan fingerprint density at radius 2 is 0.722 bits per heavy atom. The Balaban J connectivity index is 3.13. The van der Waals surface area contributed by atoms with Crippen molar-refractivity contribution in [2.75, 3.05) is 59.5 Å². The number of rotatable bonds is 31. The van der Waals surface area contributed by atoms with E-state index in [4.69, 9.17) is 23.7 Å². The predicted molar refractivity (Wildman–Crippen MR) is 149 cm³/mol. The van der Waals surface area contributed by atoms with Crippen LogP contribution in [0.25, 0.3) is 0 Å². The lowest BCUT2D eigenvalue weighted by Crippen LogP contribution is -2.14. The molecule has 0 heterocycles. The predicted octanol–water partition coefficient (Wildman–Crippen LogP) is 7.66. The monoisotopic (exact) mass is 516 g/mol. The van der Waals surface area contributed by atoms with Crippen LogP contribution in [0.15, 0.2) is 0 Å². The van der Waals surface area contributed by atoms with Crippen LogP contribution in [0.2, 0.25) is 0 Å². The maximum absolute atomic E-state index is 11.8. The van der Waals surface area contributed by atoms with E-state index in [2.05, 4.69) is 13.8 Å². The SMILES string of the molecule is CCCCCCCCCCCCCCCC(=O)OCCOCCOCCOCCOCCCCCC. The molecule has 0 saturated heterocycles. The molecule has 0 radical (unpaired) electrons. The van der Waals surface area contributed by atoms with Gasteiger partial charge in [0, 0.05) is 13.0 Å². The summed E-state index contributed by atoms with van der Waals surface area (Å²) in [6, 6.07) is 0. The van der Waals surface area contributed by atoms with Gasteiger partial charge >= 0.3 is 5.97 Å². The molecule has 216 valence electrons. The fourth-order valence-electron chi connectivity index (χ4n) is 3.97. The Morgan fingerprint density at radius 1 is 0.389 bits per heavy atom. The molecular weight excluding hydrogens is 456 g/mol. The fourth-order valence-corrected chi connectivity index (χ4v) is 3.97. The highest BCUT2D eigenvalue weighted by atomic mass is 16.6. The number of hydrogen-bond donors (Lipinski definition) is 0. The van der Waals surface area contributed by atoms with E-state index in [-0.39, 0.29) is 5.97 Å². The highest BCUT2D eigenvalue weighted by molar-refractivity contribution is 5.69. The van der Waals surface area contributed by atoms with Gasteiger partial charge in [-0.25, -0.2) is 0 Å². The molecule has 0 aliphatic rings. The van der Waals surface area contributed by atoms with Crippen LogP contribution in [0, 0.1) is 0 Å². The Morgan fingerprint density at radius 3 is 1.17 bits per heavy atom. The Labute approximate surface area is 223 Å². The van der Waals surface area contributed by atoms with Gasteiger partial charge in [0.25, 0.3) is 0 Å². The van der Waals surface area contributed by atoms with Gasteiger partial charge in [-0.15, -0.1) is 0 Å². The minimum atomic E-state index is -0.111. The third-order valence-electron chi connectivity index (χ3n) is 6.23. The zero-order valence-electron chi connectivity index (χ0n) is 24.0. The van der Waals surface area contributed by atoms with E-state index in [0.29, 0.717) is 59.3 Å². The Kier molecular flexibility index (Phi) is 31.7. The summed E-state index contributed by atoms with van der Waals surface area (Å²) in [6.07, 6.45) is 22.4. The second-order valence-corrected chi connectivity index (χ2v) is 9.72. The van der Waals surface area contributed by atoms with Crippen LogP contribution < -0.4 is 0 Å². The van der Waals surface area contributed by atoms with E-state index in [1.807, 2.05) is 0 Å². The number of unbranched alkanes of at least 4 members (excludes halogenated alkanes) is 15. The molecule has 0 unspecified atom stereocenters. The first-order chi connectivity index (χ1) is 17.8. The normalized spacial score (nSPS) is 11.3. The first-order valence-corrected chi connectivity index (χ1v) is 15.3. The molecule has 0 spiro atoms. The van der Waals surface area contributed by atoms with E-state index >= 15 is 0 Å². The Hall–Kier alpha value is -0.690. The quantitative estimate of drug-likeness (QED) is 0.0696. The third-order valence-corrected chi connectivity index (χ3v) is 6.23. The topological polar surface area (TPSA) is 63.2 Å². The average molecular weight is 517 g/mol. The number of carbonyl (C=O) groups excluding carboxylic acids is 1. The molecule has 0 rings (SSSR count). The zero-order valence-corrected chi connectivity index (χ0v) is 24.0. The summed E-state index contributed by atoms with van der Waals surface area (Å²) in [5.41, 5.74) is 0. The summed E-state index contributed by atoms with van der Waals surface area (Å²) < 4.78 is 27.1. The van der Waals surface area contributed by atoms with E-state index in [1.165, 1.54) is 89.9 Å². The second kappa shape index (κ2) is 32.3. The van der Waals surface area contributed by atoms with Gasteiger partial charge < -0.3 is 23.7 Å². The number of ether oxygens (including phenoxy) is 5. The Bertz CT molecular complexity index is 418.